The molecule has 1 heterocycles. The fourth-order valence-corrected chi connectivity index (χ4v) is 10.1. The molecule has 0 N–H and O–H groups in total. The molecule has 12 rings (SSSR count). The summed E-state index contributed by atoms with van der Waals surface area (Å²) in [6.07, 6.45) is 0. The maximum atomic E-state index is 2.45. The Morgan fingerprint density at radius 3 is 1.23 bits per heavy atom. The van der Waals surface area contributed by atoms with Crippen molar-refractivity contribution in [1.29, 1.82) is 0 Å². The summed E-state index contributed by atoms with van der Waals surface area (Å²) < 4.78 is 2.39. The molecule has 0 aliphatic rings. The van der Waals surface area contributed by atoms with E-state index < -0.39 is 0 Å². The number of nitrogens with zero attached hydrogens (tertiary/aromatic N) is 2. The van der Waals surface area contributed by atoms with Crippen LogP contribution in [0.1, 0.15) is 0 Å². The number of rotatable bonds is 8. The van der Waals surface area contributed by atoms with Crippen LogP contribution in [0.3, 0.4) is 0 Å². The number of fused-ring (bicyclic) bond motifs is 5. The minimum atomic E-state index is 1.07. The third-order valence-electron chi connectivity index (χ3n) is 12.8. The Kier molecular flexibility index (Phi) is 9.20. The second kappa shape index (κ2) is 15.8. The van der Waals surface area contributed by atoms with Crippen LogP contribution >= 0.6 is 0 Å². The Balaban J connectivity index is 1.18. The lowest BCUT2D eigenvalue weighted by Gasteiger charge is -2.30. The molecule has 0 saturated heterocycles. The number of para-hydroxylation sites is 3. The summed E-state index contributed by atoms with van der Waals surface area (Å²) in [5.74, 6) is 0. The molecule has 0 saturated carbocycles. The molecule has 300 valence electrons. The topological polar surface area (TPSA) is 8.17 Å². The Bertz CT molecular complexity index is 3590. The SMILES string of the molecule is c1ccc(-c2ccccc2-c2c3ccccc3c(-c3ccccc3-c3ccccc3)c3c(N(c4ccccc4)c4ccc(-n5c6ccccc6c6ccccc65)cc4)cccc23)cc1. The molecule has 0 amide bonds. The van der Waals surface area contributed by atoms with Gasteiger partial charge in [-0.3, -0.25) is 0 Å². The van der Waals surface area contributed by atoms with E-state index in [1.807, 2.05) is 0 Å². The molecule has 0 fully saturated rings. The van der Waals surface area contributed by atoms with E-state index in [1.165, 1.54) is 87.9 Å². The van der Waals surface area contributed by atoms with Crippen molar-refractivity contribution in [1.82, 2.24) is 4.57 Å². The van der Waals surface area contributed by atoms with Crippen molar-refractivity contribution in [3.63, 3.8) is 0 Å². The number of hydrogen-bond acceptors (Lipinski definition) is 1. The van der Waals surface area contributed by atoms with Crippen molar-refractivity contribution in [2.24, 2.45) is 0 Å². The molecule has 11 aromatic carbocycles. The lowest BCUT2D eigenvalue weighted by molar-refractivity contribution is 1.17. The highest BCUT2D eigenvalue weighted by Gasteiger charge is 2.25. The van der Waals surface area contributed by atoms with Gasteiger partial charge in [0, 0.05) is 38.8 Å². The van der Waals surface area contributed by atoms with E-state index in [1.54, 1.807) is 0 Å². The quantitative estimate of drug-likeness (QED) is 0.139. The normalized spacial score (nSPS) is 11.4. The first-order valence-corrected chi connectivity index (χ1v) is 22.0. The molecule has 64 heavy (non-hydrogen) atoms. The summed E-state index contributed by atoms with van der Waals surface area (Å²) in [4.78, 5) is 2.45. The summed E-state index contributed by atoms with van der Waals surface area (Å²) in [5, 5.41) is 7.32. The molecule has 0 aliphatic carbocycles. The molecule has 0 atom stereocenters. The molecule has 12 aromatic rings. The number of hydrogen-bond donors (Lipinski definition) is 0. The van der Waals surface area contributed by atoms with Gasteiger partial charge in [-0.2, -0.15) is 0 Å². The fourth-order valence-electron chi connectivity index (χ4n) is 10.1. The van der Waals surface area contributed by atoms with Gasteiger partial charge in [0.2, 0.25) is 0 Å². The van der Waals surface area contributed by atoms with Gasteiger partial charge in [-0.25, -0.2) is 0 Å². The van der Waals surface area contributed by atoms with Crippen molar-refractivity contribution < 1.29 is 0 Å². The summed E-state index contributed by atoms with van der Waals surface area (Å²) in [5.41, 5.74) is 16.4. The molecule has 0 spiro atoms. The molecule has 0 unspecified atom stereocenters. The van der Waals surface area contributed by atoms with Gasteiger partial charge in [0.05, 0.1) is 16.7 Å². The van der Waals surface area contributed by atoms with Gasteiger partial charge < -0.3 is 9.47 Å². The summed E-state index contributed by atoms with van der Waals surface area (Å²) in [6.45, 7) is 0. The van der Waals surface area contributed by atoms with E-state index in [0.29, 0.717) is 0 Å². The third kappa shape index (κ3) is 6.19. The van der Waals surface area contributed by atoms with Gasteiger partial charge in [0.15, 0.2) is 0 Å². The zero-order valence-corrected chi connectivity index (χ0v) is 35.1. The Morgan fingerprint density at radius 2 is 0.672 bits per heavy atom. The van der Waals surface area contributed by atoms with Crippen molar-refractivity contribution in [3.8, 4) is 50.2 Å². The van der Waals surface area contributed by atoms with Crippen LogP contribution in [-0.2, 0) is 0 Å². The zero-order valence-electron chi connectivity index (χ0n) is 35.1. The Morgan fingerprint density at radius 1 is 0.266 bits per heavy atom. The zero-order chi connectivity index (χ0) is 42.4. The van der Waals surface area contributed by atoms with Crippen LogP contribution in [0.15, 0.2) is 255 Å². The van der Waals surface area contributed by atoms with Gasteiger partial charge in [0.1, 0.15) is 0 Å². The average Bonchev–Trinajstić information content (AvgIpc) is 3.71. The van der Waals surface area contributed by atoms with E-state index >= 15 is 0 Å². The second-order valence-corrected chi connectivity index (χ2v) is 16.4. The molecule has 0 aliphatic heterocycles. The first-order chi connectivity index (χ1) is 31.8. The van der Waals surface area contributed by atoms with Crippen LogP contribution in [0, 0.1) is 0 Å². The lowest BCUT2D eigenvalue weighted by atomic mass is 9.81. The summed E-state index contributed by atoms with van der Waals surface area (Å²) in [6, 6.07) is 92.8. The maximum Gasteiger partial charge on any atom is 0.0546 e. The van der Waals surface area contributed by atoms with Crippen LogP contribution in [0.5, 0.6) is 0 Å². The number of benzene rings is 11. The monoisotopic (exact) mass is 814 g/mol. The fraction of sp³-hybridized carbons (Fsp3) is 0. The van der Waals surface area contributed by atoms with Crippen LogP contribution in [-0.4, -0.2) is 4.57 Å². The molecule has 2 heteroatoms. The Labute approximate surface area is 373 Å². The molecular weight excluding hydrogens is 773 g/mol. The minimum absolute atomic E-state index is 1.07. The predicted molar refractivity (Wildman–Crippen MR) is 272 cm³/mol. The molecule has 2 nitrogen and oxygen atoms in total. The highest BCUT2D eigenvalue weighted by molar-refractivity contribution is 6.26. The highest BCUT2D eigenvalue weighted by Crippen LogP contribution is 2.52. The van der Waals surface area contributed by atoms with Crippen molar-refractivity contribution >= 4 is 60.4 Å². The Hall–Kier alpha value is -8.46. The van der Waals surface area contributed by atoms with Gasteiger partial charge in [-0.1, -0.05) is 200 Å². The third-order valence-corrected chi connectivity index (χ3v) is 12.8. The van der Waals surface area contributed by atoms with E-state index in [-0.39, 0.29) is 0 Å². The predicted octanol–water partition coefficient (Wildman–Crippen LogP) is 17.2. The highest BCUT2D eigenvalue weighted by atomic mass is 15.1. The van der Waals surface area contributed by atoms with Crippen molar-refractivity contribution in [2.45, 2.75) is 0 Å². The molecule has 0 radical (unpaired) electrons. The lowest BCUT2D eigenvalue weighted by Crippen LogP contribution is -2.11. The number of aromatic nitrogens is 1. The number of anilines is 3. The first-order valence-electron chi connectivity index (χ1n) is 22.0. The van der Waals surface area contributed by atoms with Crippen molar-refractivity contribution in [3.05, 3.63) is 255 Å². The van der Waals surface area contributed by atoms with Gasteiger partial charge >= 0.3 is 0 Å². The summed E-state index contributed by atoms with van der Waals surface area (Å²) >= 11 is 0. The van der Waals surface area contributed by atoms with E-state index in [2.05, 4.69) is 264 Å². The van der Waals surface area contributed by atoms with Gasteiger partial charge in [0.25, 0.3) is 0 Å². The van der Waals surface area contributed by atoms with Crippen LogP contribution in [0.2, 0.25) is 0 Å². The van der Waals surface area contributed by atoms with Gasteiger partial charge in [-0.05, 0) is 110 Å². The van der Waals surface area contributed by atoms with Crippen LogP contribution < -0.4 is 4.90 Å². The van der Waals surface area contributed by atoms with Crippen LogP contribution in [0.25, 0.3) is 93.5 Å². The smallest absolute Gasteiger partial charge is 0.0546 e. The summed E-state index contributed by atoms with van der Waals surface area (Å²) in [7, 11) is 0. The molecular formula is C62H42N2. The first kappa shape index (κ1) is 37.3. The molecule has 0 bridgehead atoms. The van der Waals surface area contributed by atoms with Crippen molar-refractivity contribution in [2.75, 3.05) is 4.90 Å². The van der Waals surface area contributed by atoms with Gasteiger partial charge in [-0.15, -0.1) is 0 Å². The maximum absolute atomic E-state index is 2.45. The largest absolute Gasteiger partial charge is 0.310 e. The molecule has 1 aromatic heterocycles. The second-order valence-electron chi connectivity index (χ2n) is 16.4. The minimum Gasteiger partial charge on any atom is -0.310 e. The van der Waals surface area contributed by atoms with E-state index in [4.69, 9.17) is 0 Å². The average molecular weight is 815 g/mol. The van der Waals surface area contributed by atoms with Crippen LogP contribution in [0.4, 0.5) is 17.1 Å². The van der Waals surface area contributed by atoms with E-state index in [9.17, 15) is 0 Å². The van der Waals surface area contributed by atoms with E-state index in [0.717, 1.165) is 22.7 Å². The standard InChI is InChI=1S/C62H42N2/c1-4-21-43(22-5-1)48-27-10-12-31-52(48)60-54-33-14-15-34-55(54)61(53-32-13-11-28-49(53)44-23-6-2-7-24-44)62-56(60)35-20-38-59(62)63(45-25-8-3-9-26-45)46-39-41-47(42-40-46)64-57-36-18-16-29-50(57)51-30-17-19-37-58(51)64/h1-42H.